The summed E-state index contributed by atoms with van der Waals surface area (Å²) < 4.78 is 16.5. The molecule has 26 heavy (non-hydrogen) atoms. The number of hydrogen-bond donors (Lipinski definition) is 2. The Morgan fingerprint density at radius 2 is 1.96 bits per heavy atom. The summed E-state index contributed by atoms with van der Waals surface area (Å²) in [6.45, 7) is 0.962. The minimum atomic E-state index is -0.296. The van der Waals surface area contributed by atoms with Crippen molar-refractivity contribution in [1.82, 2.24) is 5.32 Å². The first-order chi connectivity index (χ1) is 12.5. The average molecular weight is 486 g/mol. The Labute approximate surface area is 171 Å². The van der Waals surface area contributed by atoms with Crippen molar-refractivity contribution in [1.29, 1.82) is 0 Å². The van der Waals surface area contributed by atoms with Gasteiger partial charge in [-0.15, -0.1) is 0 Å². The van der Waals surface area contributed by atoms with E-state index >= 15 is 0 Å². The molecule has 0 bridgehead atoms. The summed E-state index contributed by atoms with van der Waals surface area (Å²) >= 11 is 7.33. The van der Waals surface area contributed by atoms with Gasteiger partial charge in [-0.2, -0.15) is 0 Å². The highest BCUT2D eigenvalue weighted by Crippen LogP contribution is 2.21. The third-order valence-electron chi connectivity index (χ3n) is 3.29. The van der Waals surface area contributed by atoms with Crippen molar-refractivity contribution in [2.45, 2.75) is 0 Å². The Balaban J connectivity index is 1.94. The van der Waals surface area contributed by atoms with Crippen LogP contribution in [-0.4, -0.2) is 38.5 Å². The molecule has 2 aromatic carbocycles. The van der Waals surface area contributed by atoms with Crippen LogP contribution in [0.3, 0.4) is 0 Å². The molecule has 0 aliphatic heterocycles. The minimum Gasteiger partial charge on any atom is -0.496 e. The van der Waals surface area contributed by atoms with E-state index in [4.69, 9.17) is 26.4 Å². The largest absolute Gasteiger partial charge is 0.496 e. The number of ether oxygens (including phenoxy) is 3. The van der Waals surface area contributed by atoms with Crippen molar-refractivity contribution in [3.63, 3.8) is 0 Å². The molecule has 0 aliphatic carbocycles. The van der Waals surface area contributed by atoms with Gasteiger partial charge in [0.25, 0.3) is 5.91 Å². The third-order valence-corrected chi connectivity index (χ3v) is 4.34. The van der Waals surface area contributed by atoms with Gasteiger partial charge in [-0.25, -0.2) is 0 Å². The van der Waals surface area contributed by atoms with Crippen molar-refractivity contribution in [3.8, 4) is 11.5 Å². The number of amides is 1. The minimum absolute atomic E-state index is 0.204. The Morgan fingerprint density at radius 1 is 1.15 bits per heavy atom. The second kappa shape index (κ2) is 10.3. The second-order valence-corrected chi connectivity index (χ2v) is 6.70. The number of halogens is 1. The van der Waals surface area contributed by atoms with E-state index in [9.17, 15) is 4.79 Å². The topological polar surface area (TPSA) is 68.8 Å². The van der Waals surface area contributed by atoms with Crippen LogP contribution in [0.2, 0.25) is 0 Å². The zero-order valence-electron chi connectivity index (χ0n) is 14.4. The Bertz CT molecular complexity index is 786. The van der Waals surface area contributed by atoms with Gasteiger partial charge in [0.2, 0.25) is 0 Å². The summed E-state index contributed by atoms with van der Waals surface area (Å²) in [6.07, 6.45) is 0. The summed E-state index contributed by atoms with van der Waals surface area (Å²) in [7, 11) is 3.20. The standard InChI is InChI=1S/C18H19IN2O4S/c1-23-8-9-25-14-5-3-4-13(11-14)20-18(26)21-17(22)12-6-7-16(24-2)15(19)10-12/h3-7,10-11H,8-9H2,1-2H3,(H2,20,21,22,26). The molecule has 1 amide bonds. The lowest BCUT2D eigenvalue weighted by Crippen LogP contribution is -2.34. The predicted molar refractivity (Wildman–Crippen MR) is 113 cm³/mol. The van der Waals surface area contributed by atoms with Gasteiger partial charge in [-0.05, 0) is 65.1 Å². The zero-order valence-corrected chi connectivity index (χ0v) is 17.3. The fourth-order valence-electron chi connectivity index (χ4n) is 2.05. The monoisotopic (exact) mass is 486 g/mol. The number of methoxy groups -OCH3 is 2. The summed E-state index contributed by atoms with van der Waals surface area (Å²) in [4.78, 5) is 12.3. The van der Waals surface area contributed by atoms with Crippen molar-refractivity contribution in [3.05, 3.63) is 51.6 Å². The van der Waals surface area contributed by atoms with E-state index in [0.29, 0.717) is 30.3 Å². The number of benzene rings is 2. The van der Waals surface area contributed by atoms with Gasteiger partial charge >= 0.3 is 0 Å². The molecular formula is C18H19IN2O4S. The van der Waals surface area contributed by atoms with Crippen molar-refractivity contribution in [2.24, 2.45) is 0 Å². The summed E-state index contributed by atoms with van der Waals surface area (Å²) in [5.74, 6) is 1.11. The van der Waals surface area contributed by atoms with Gasteiger partial charge in [0.05, 0.1) is 17.3 Å². The summed E-state index contributed by atoms with van der Waals surface area (Å²) in [6, 6.07) is 12.5. The number of thiocarbonyl (C=S) groups is 1. The molecule has 0 aromatic heterocycles. The maximum Gasteiger partial charge on any atom is 0.257 e. The lowest BCUT2D eigenvalue weighted by atomic mass is 10.2. The molecule has 0 fully saturated rings. The Kier molecular flexibility index (Phi) is 8.07. The maximum atomic E-state index is 12.3. The molecule has 0 spiro atoms. The molecule has 0 heterocycles. The number of carbonyl (C=O) groups excluding carboxylic acids is 1. The summed E-state index contributed by atoms with van der Waals surface area (Å²) in [5, 5.41) is 5.83. The van der Waals surface area contributed by atoms with Gasteiger partial charge in [0.1, 0.15) is 18.1 Å². The van der Waals surface area contributed by atoms with Crippen LogP contribution in [0.15, 0.2) is 42.5 Å². The van der Waals surface area contributed by atoms with Gasteiger partial charge < -0.3 is 19.5 Å². The first kappa shape index (κ1) is 20.4. The van der Waals surface area contributed by atoms with Crippen LogP contribution in [0.25, 0.3) is 0 Å². The fraction of sp³-hybridized carbons (Fsp3) is 0.222. The van der Waals surface area contributed by atoms with E-state index in [1.165, 1.54) is 0 Å². The summed E-state index contributed by atoms with van der Waals surface area (Å²) in [5.41, 5.74) is 1.21. The molecule has 0 saturated heterocycles. The Morgan fingerprint density at radius 3 is 2.65 bits per heavy atom. The number of carbonyl (C=O) groups is 1. The molecule has 0 atom stereocenters. The fourth-order valence-corrected chi connectivity index (χ4v) is 3.00. The van der Waals surface area contributed by atoms with Gasteiger partial charge in [-0.1, -0.05) is 6.07 Å². The van der Waals surface area contributed by atoms with Crippen LogP contribution in [0.5, 0.6) is 11.5 Å². The molecule has 2 rings (SSSR count). The van der Waals surface area contributed by atoms with E-state index in [1.54, 1.807) is 38.5 Å². The van der Waals surface area contributed by atoms with Gasteiger partial charge in [-0.3, -0.25) is 10.1 Å². The maximum absolute atomic E-state index is 12.3. The highest BCUT2D eigenvalue weighted by molar-refractivity contribution is 14.1. The van der Waals surface area contributed by atoms with Crippen LogP contribution in [0.4, 0.5) is 5.69 Å². The number of hydrogen-bond acceptors (Lipinski definition) is 5. The lowest BCUT2D eigenvalue weighted by molar-refractivity contribution is 0.0977. The smallest absolute Gasteiger partial charge is 0.257 e. The first-order valence-corrected chi connectivity index (χ1v) is 9.20. The van der Waals surface area contributed by atoms with Gasteiger partial charge in [0.15, 0.2) is 5.11 Å². The molecule has 8 heteroatoms. The SMILES string of the molecule is COCCOc1cccc(NC(=S)NC(=O)c2ccc(OC)c(I)c2)c1. The number of rotatable bonds is 7. The van der Waals surface area contributed by atoms with Crippen molar-refractivity contribution in [2.75, 3.05) is 32.8 Å². The van der Waals surface area contributed by atoms with Crippen molar-refractivity contribution < 1.29 is 19.0 Å². The number of anilines is 1. The van der Waals surface area contributed by atoms with Crippen molar-refractivity contribution >= 4 is 51.5 Å². The van der Waals surface area contributed by atoms with Crippen LogP contribution >= 0.6 is 34.8 Å². The zero-order chi connectivity index (χ0) is 18.9. The quantitative estimate of drug-likeness (QED) is 0.355. The van der Waals surface area contributed by atoms with E-state index in [-0.39, 0.29) is 11.0 Å². The normalized spacial score (nSPS) is 10.1. The highest BCUT2D eigenvalue weighted by atomic mass is 127. The number of nitrogens with one attached hydrogen (secondary N) is 2. The molecule has 2 aromatic rings. The molecule has 6 nitrogen and oxygen atoms in total. The van der Waals surface area contributed by atoms with Crippen LogP contribution in [0.1, 0.15) is 10.4 Å². The lowest BCUT2D eigenvalue weighted by Gasteiger charge is -2.12. The van der Waals surface area contributed by atoms with Crippen LogP contribution in [-0.2, 0) is 4.74 Å². The van der Waals surface area contributed by atoms with E-state index in [1.807, 2.05) is 18.2 Å². The second-order valence-electron chi connectivity index (χ2n) is 5.13. The highest BCUT2D eigenvalue weighted by Gasteiger charge is 2.11. The van der Waals surface area contributed by atoms with Gasteiger partial charge in [0, 0.05) is 24.4 Å². The first-order valence-electron chi connectivity index (χ1n) is 7.71. The molecule has 2 N–H and O–H groups in total. The van der Waals surface area contributed by atoms with E-state index in [2.05, 4.69) is 33.2 Å². The molecule has 0 radical (unpaired) electrons. The van der Waals surface area contributed by atoms with Crippen LogP contribution in [0, 0.1) is 3.57 Å². The molecule has 138 valence electrons. The predicted octanol–water partition coefficient (Wildman–Crippen LogP) is 3.45. The molecular weight excluding hydrogens is 467 g/mol. The van der Waals surface area contributed by atoms with E-state index < -0.39 is 0 Å². The average Bonchev–Trinajstić information content (AvgIpc) is 2.62. The van der Waals surface area contributed by atoms with Crippen LogP contribution < -0.4 is 20.1 Å². The molecule has 0 unspecified atom stereocenters. The third kappa shape index (κ3) is 6.11. The molecule has 0 aliphatic rings. The molecule has 0 saturated carbocycles. The van der Waals surface area contributed by atoms with E-state index in [0.717, 1.165) is 9.26 Å². The Hall–Kier alpha value is -1.91.